The lowest BCUT2D eigenvalue weighted by atomic mass is 9.98. The Kier molecular flexibility index (Phi) is 13.5. The first-order valence-electron chi connectivity index (χ1n) is 13.6. The molecule has 1 aliphatic heterocycles. The van der Waals surface area contributed by atoms with E-state index in [4.69, 9.17) is 33.2 Å². The van der Waals surface area contributed by atoms with Crippen molar-refractivity contribution in [1.82, 2.24) is 10.2 Å². The number of nitrogens with one attached hydrogen (secondary N) is 1. The van der Waals surface area contributed by atoms with Crippen molar-refractivity contribution in [3.8, 4) is 11.5 Å². The van der Waals surface area contributed by atoms with E-state index in [-0.39, 0.29) is 17.4 Å². The maximum absolute atomic E-state index is 12.7. The largest absolute Gasteiger partial charge is 0.493 e. The molecule has 1 saturated heterocycles. The normalized spacial score (nSPS) is 21.6. The summed E-state index contributed by atoms with van der Waals surface area (Å²) in [5.74, 6) is -3.00. The summed E-state index contributed by atoms with van der Waals surface area (Å²) in [5, 5.41) is 2.86. The molecule has 1 N–H and O–H groups in total. The molecule has 1 fully saturated rings. The van der Waals surface area contributed by atoms with Gasteiger partial charge in [0.1, 0.15) is 12.7 Å². The summed E-state index contributed by atoms with van der Waals surface area (Å²) in [6.45, 7) is 11.1. The van der Waals surface area contributed by atoms with Crippen molar-refractivity contribution in [2.75, 3.05) is 39.9 Å². The van der Waals surface area contributed by atoms with Crippen molar-refractivity contribution >= 4 is 29.8 Å². The van der Waals surface area contributed by atoms with Crippen LogP contribution in [0, 0.1) is 0 Å². The van der Waals surface area contributed by atoms with E-state index < -0.39 is 61.2 Å². The molecule has 234 valence electrons. The third kappa shape index (κ3) is 10.2. The first-order valence-corrected chi connectivity index (χ1v) is 13.6. The number of esters is 4. The molecule has 0 spiro atoms. The second kappa shape index (κ2) is 16.5. The average Bonchev–Trinajstić information content (AvgIpc) is 2.92. The van der Waals surface area contributed by atoms with E-state index in [0.29, 0.717) is 18.7 Å². The van der Waals surface area contributed by atoms with Crippen LogP contribution in [0.15, 0.2) is 18.2 Å². The van der Waals surface area contributed by atoms with Crippen molar-refractivity contribution < 1.29 is 57.1 Å². The fourth-order valence-electron chi connectivity index (χ4n) is 4.28. The van der Waals surface area contributed by atoms with Gasteiger partial charge in [-0.3, -0.25) is 24.0 Å². The molecule has 1 amide bonds. The Morgan fingerprint density at radius 1 is 0.833 bits per heavy atom. The monoisotopic (exact) mass is 596 g/mol. The molecule has 14 nitrogen and oxygen atoms in total. The highest BCUT2D eigenvalue weighted by Gasteiger charge is 2.53. The first-order chi connectivity index (χ1) is 19.9. The number of carbonyl (C=O) groups is 5. The highest BCUT2D eigenvalue weighted by molar-refractivity contribution is 5.94. The second-order valence-corrected chi connectivity index (χ2v) is 9.33. The summed E-state index contributed by atoms with van der Waals surface area (Å²) >= 11 is 0. The van der Waals surface area contributed by atoms with Crippen molar-refractivity contribution in [2.45, 2.75) is 72.2 Å². The van der Waals surface area contributed by atoms with Gasteiger partial charge < -0.3 is 43.4 Å². The maximum atomic E-state index is 12.7. The van der Waals surface area contributed by atoms with Gasteiger partial charge in [0.15, 0.2) is 23.7 Å². The zero-order valence-electron chi connectivity index (χ0n) is 25.0. The summed E-state index contributed by atoms with van der Waals surface area (Å²) in [5.41, 5.74) is 0.306. The van der Waals surface area contributed by atoms with Crippen molar-refractivity contribution in [3.05, 3.63) is 23.8 Å². The smallest absolute Gasteiger partial charge is 0.303 e. The Hall–Kier alpha value is -3.91. The number of benzene rings is 1. The minimum absolute atomic E-state index is 0.0955. The zero-order chi connectivity index (χ0) is 31.4. The summed E-state index contributed by atoms with van der Waals surface area (Å²) in [6, 6.07) is 4.44. The highest BCUT2D eigenvalue weighted by Crippen LogP contribution is 2.35. The zero-order valence-corrected chi connectivity index (χ0v) is 25.0. The number of nitrogens with zero attached hydrogens (tertiary/aromatic N) is 1. The molecule has 2 rings (SSSR count). The Morgan fingerprint density at radius 3 is 1.98 bits per heavy atom. The topological polar surface area (TPSA) is 165 Å². The Balaban J connectivity index is 2.39. The number of rotatable bonds is 14. The van der Waals surface area contributed by atoms with Gasteiger partial charge in [-0.25, -0.2) is 0 Å². The van der Waals surface area contributed by atoms with Gasteiger partial charge in [-0.2, -0.15) is 0 Å². The van der Waals surface area contributed by atoms with E-state index in [1.165, 1.54) is 32.2 Å². The Morgan fingerprint density at radius 2 is 1.43 bits per heavy atom. The van der Waals surface area contributed by atoms with E-state index in [0.717, 1.165) is 33.9 Å². The molecule has 1 heterocycles. The maximum Gasteiger partial charge on any atom is 0.303 e. The van der Waals surface area contributed by atoms with Crippen LogP contribution in [-0.4, -0.2) is 105 Å². The molecule has 1 aliphatic rings. The van der Waals surface area contributed by atoms with Crippen LogP contribution < -0.4 is 14.8 Å². The number of likely N-dealkylation sites (N-methyl/N-ethyl adjacent to an activating group) is 1. The number of amides is 1. The predicted octanol–water partition coefficient (Wildman–Crippen LogP) is 1.23. The molecule has 0 aliphatic carbocycles. The van der Waals surface area contributed by atoms with E-state index in [2.05, 4.69) is 10.2 Å². The molecular weight excluding hydrogens is 556 g/mol. The quantitative estimate of drug-likeness (QED) is 0.241. The van der Waals surface area contributed by atoms with Crippen LogP contribution in [0.3, 0.4) is 0 Å². The number of ether oxygens (including phenoxy) is 7. The molecule has 0 unspecified atom stereocenters. The third-order valence-corrected chi connectivity index (χ3v) is 6.23. The third-order valence-electron chi connectivity index (χ3n) is 6.23. The molecule has 42 heavy (non-hydrogen) atoms. The van der Waals surface area contributed by atoms with Crippen LogP contribution >= 0.6 is 0 Å². The molecule has 1 aromatic rings. The van der Waals surface area contributed by atoms with Gasteiger partial charge in [-0.15, -0.1) is 0 Å². The van der Waals surface area contributed by atoms with Crippen LogP contribution in [0.1, 0.15) is 51.9 Å². The SMILES string of the molecule is CCN(CC)CCNC(=O)c1ccc(O[C@H]2O[C@H](COC(C)=O)[C@@H](OC(C)=O)[C@H](OC(C)=O)[C@H]2OC(C)=O)c(OC)c1. The Labute approximate surface area is 244 Å². The molecule has 5 atom stereocenters. The molecule has 0 radical (unpaired) electrons. The summed E-state index contributed by atoms with van der Waals surface area (Å²) in [6.07, 6.45) is -6.76. The van der Waals surface area contributed by atoms with E-state index in [9.17, 15) is 24.0 Å². The van der Waals surface area contributed by atoms with Gasteiger partial charge in [0, 0.05) is 46.3 Å². The van der Waals surface area contributed by atoms with Gasteiger partial charge in [-0.05, 0) is 31.3 Å². The van der Waals surface area contributed by atoms with E-state index in [1.54, 1.807) is 0 Å². The fraction of sp³-hybridized carbons (Fsp3) is 0.607. The number of carbonyl (C=O) groups excluding carboxylic acids is 5. The number of methoxy groups -OCH3 is 1. The van der Waals surface area contributed by atoms with Gasteiger partial charge in [0.05, 0.1) is 7.11 Å². The predicted molar refractivity (Wildman–Crippen MR) is 146 cm³/mol. The minimum atomic E-state index is -1.45. The lowest BCUT2D eigenvalue weighted by Crippen LogP contribution is -2.63. The average molecular weight is 597 g/mol. The standard InChI is InChI=1S/C28H40N2O12/c1-8-30(9-2)13-12-29-27(35)20-10-11-21(22(14-20)36-7)41-28-26(40-19(6)34)25(39-18(5)33)24(38-17(4)32)23(42-28)15-37-16(3)31/h10-11,14,23-26,28H,8-9,12-13,15H2,1-7H3,(H,29,35)/t23-,24-,25+,26-,28+/m1/s1. The molecule has 1 aromatic carbocycles. The molecule has 0 aromatic heterocycles. The molecule has 14 heteroatoms. The number of hydrogen-bond acceptors (Lipinski definition) is 13. The van der Waals surface area contributed by atoms with Crippen LogP contribution in [0.2, 0.25) is 0 Å². The van der Waals surface area contributed by atoms with Crippen molar-refractivity contribution in [3.63, 3.8) is 0 Å². The summed E-state index contributed by atoms with van der Waals surface area (Å²) in [4.78, 5) is 62.4. The van der Waals surface area contributed by atoms with Crippen LogP contribution in [0.4, 0.5) is 0 Å². The van der Waals surface area contributed by atoms with Gasteiger partial charge in [0.2, 0.25) is 12.4 Å². The van der Waals surface area contributed by atoms with Gasteiger partial charge >= 0.3 is 23.9 Å². The van der Waals surface area contributed by atoms with Crippen LogP contribution in [-0.2, 0) is 42.9 Å². The first kappa shape index (κ1) is 34.3. The fourth-order valence-corrected chi connectivity index (χ4v) is 4.28. The summed E-state index contributed by atoms with van der Waals surface area (Å²) in [7, 11) is 1.37. The lowest BCUT2D eigenvalue weighted by molar-refractivity contribution is -0.288. The highest BCUT2D eigenvalue weighted by atomic mass is 16.7. The molecule has 0 saturated carbocycles. The molecule has 0 bridgehead atoms. The summed E-state index contributed by atoms with van der Waals surface area (Å²) < 4.78 is 38.7. The molecular formula is C28H40N2O12. The van der Waals surface area contributed by atoms with Gasteiger partial charge in [-0.1, -0.05) is 13.8 Å². The lowest BCUT2D eigenvalue weighted by Gasteiger charge is -2.44. The van der Waals surface area contributed by atoms with Crippen molar-refractivity contribution in [1.29, 1.82) is 0 Å². The Bertz CT molecular complexity index is 1110. The van der Waals surface area contributed by atoms with Crippen LogP contribution in [0.25, 0.3) is 0 Å². The second-order valence-electron chi connectivity index (χ2n) is 9.33. The van der Waals surface area contributed by atoms with Crippen molar-refractivity contribution in [2.24, 2.45) is 0 Å². The van der Waals surface area contributed by atoms with E-state index in [1.807, 2.05) is 13.8 Å². The minimum Gasteiger partial charge on any atom is -0.493 e. The number of hydrogen-bond donors (Lipinski definition) is 1. The van der Waals surface area contributed by atoms with Crippen LogP contribution in [0.5, 0.6) is 11.5 Å². The van der Waals surface area contributed by atoms with E-state index >= 15 is 0 Å². The van der Waals surface area contributed by atoms with Gasteiger partial charge in [0.25, 0.3) is 5.91 Å².